The molecule has 154 valence electrons. The molecule has 0 fully saturated rings. The first-order chi connectivity index (χ1) is 14.1. The average molecular weight is 394 g/mol. The normalized spacial score (nSPS) is 15.1. The largest absolute Gasteiger partial charge is 0.493 e. The van der Waals surface area contributed by atoms with E-state index >= 15 is 0 Å². The minimum absolute atomic E-state index is 0.358. The topological polar surface area (TPSA) is 64.5 Å². The number of ether oxygens (including phenoxy) is 1. The number of hydrogen-bond donors (Lipinski definition) is 0. The van der Waals surface area contributed by atoms with Crippen molar-refractivity contribution in [2.24, 2.45) is 5.11 Å². The van der Waals surface area contributed by atoms with Crippen LogP contribution in [-0.4, -0.2) is 45.7 Å². The molecule has 6 heteroatoms. The van der Waals surface area contributed by atoms with E-state index < -0.39 is 0 Å². The van der Waals surface area contributed by atoms with Crippen molar-refractivity contribution in [2.45, 2.75) is 31.7 Å². The van der Waals surface area contributed by atoms with Crippen molar-refractivity contribution in [3.8, 4) is 5.75 Å². The van der Waals surface area contributed by atoms with Gasteiger partial charge >= 0.3 is 0 Å². The Morgan fingerprint density at radius 1 is 1.14 bits per heavy atom. The van der Waals surface area contributed by atoms with E-state index in [0.29, 0.717) is 19.2 Å². The van der Waals surface area contributed by atoms with Gasteiger partial charge in [0.1, 0.15) is 5.75 Å². The third kappa shape index (κ3) is 5.66. The van der Waals surface area contributed by atoms with Crippen molar-refractivity contribution < 1.29 is 4.74 Å². The second-order valence-corrected chi connectivity index (χ2v) is 7.86. The van der Waals surface area contributed by atoms with Gasteiger partial charge in [-0.3, -0.25) is 4.90 Å². The van der Waals surface area contributed by atoms with Gasteiger partial charge in [-0.2, -0.15) is 0 Å². The first kappa shape index (κ1) is 21.0. The molecule has 0 bridgehead atoms. The highest BCUT2D eigenvalue weighted by Crippen LogP contribution is 2.37. The number of rotatable bonds is 10. The Balaban J connectivity index is 1.49. The highest BCUT2D eigenvalue weighted by Gasteiger charge is 2.25. The Hall–Kier alpha value is -2.69. The maximum absolute atomic E-state index is 8.32. The molecule has 0 saturated carbocycles. The van der Waals surface area contributed by atoms with Gasteiger partial charge in [-0.25, -0.2) is 0 Å². The summed E-state index contributed by atoms with van der Waals surface area (Å²) in [5.74, 6) is 0.862. The highest BCUT2D eigenvalue weighted by molar-refractivity contribution is 5.46. The van der Waals surface area contributed by atoms with Crippen LogP contribution in [-0.2, 0) is 12.8 Å². The van der Waals surface area contributed by atoms with Crippen LogP contribution >= 0.6 is 0 Å². The van der Waals surface area contributed by atoms with Gasteiger partial charge in [-0.05, 0) is 85.8 Å². The molecule has 0 radical (unpaired) electrons. The van der Waals surface area contributed by atoms with E-state index in [9.17, 15) is 0 Å². The van der Waals surface area contributed by atoms with Crippen LogP contribution in [0.1, 0.15) is 35.6 Å². The summed E-state index contributed by atoms with van der Waals surface area (Å²) in [5.41, 5.74) is 13.8. The first-order valence-electron chi connectivity index (χ1n) is 10.3. The molecule has 2 aromatic rings. The van der Waals surface area contributed by atoms with E-state index in [-0.39, 0.29) is 0 Å². The number of nitrogens with zero attached hydrogens (tertiary/aromatic N) is 5. The van der Waals surface area contributed by atoms with E-state index in [1.54, 1.807) is 0 Å². The second-order valence-electron chi connectivity index (χ2n) is 7.86. The van der Waals surface area contributed by atoms with Gasteiger partial charge in [-0.15, -0.1) is 0 Å². The number of benzene rings is 2. The van der Waals surface area contributed by atoms with Crippen LogP contribution in [0.15, 0.2) is 47.6 Å². The van der Waals surface area contributed by atoms with E-state index in [1.807, 2.05) is 6.07 Å². The SMILES string of the molecule is CN(C)c1ccc(CCCN(C)C2CCc3cc(OCCN=[N+]=[N-])ccc32)cc1. The van der Waals surface area contributed by atoms with Crippen molar-refractivity contribution in [3.05, 3.63) is 69.6 Å². The fourth-order valence-electron chi connectivity index (χ4n) is 4.02. The van der Waals surface area contributed by atoms with Gasteiger partial charge in [-0.1, -0.05) is 23.3 Å². The Morgan fingerprint density at radius 2 is 1.93 bits per heavy atom. The summed E-state index contributed by atoms with van der Waals surface area (Å²) < 4.78 is 5.68. The molecule has 0 heterocycles. The molecule has 0 aromatic heterocycles. The summed E-state index contributed by atoms with van der Waals surface area (Å²) in [5, 5.41) is 3.50. The molecule has 29 heavy (non-hydrogen) atoms. The Morgan fingerprint density at radius 3 is 2.66 bits per heavy atom. The lowest BCUT2D eigenvalue weighted by atomic mass is 10.1. The molecule has 1 aliphatic carbocycles. The number of azide groups is 1. The second kappa shape index (κ2) is 10.2. The van der Waals surface area contributed by atoms with Crippen molar-refractivity contribution in [3.63, 3.8) is 0 Å². The van der Waals surface area contributed by atoms with Gasteiger partial charge in [0.2, 0.25) is 0 Å². The van der Waals surface area contributed by atoms with E-state index in [4.69, 9.17) is 10.3 Å². The fraction of sp³-hybridized carbons (Fsp3) is 0.478. The van der Waals surface area contributed by atoms with Gasteiger partial charge in [0.15, 0.2) is 0 Å². The number of hydrogen-bond acceptors (Lipinski definition) is 4. The number of fused-ring (bicyclic) bond motifs is 1. The van der Waals surface area contributed by atoms with Gasteiger partial charge in [0.25, 0.3) is 0 Å². The third-order valence-corrected chi connectivity index (χ3v) is 5.64. The summed E-state index contributed by atoms with van der Waals surface area (Å²) in [6.45, 7) is 1.86. The zero-order valence-corrected chi connectivity index (χ0v) is 17.7. The Bertz CT molecular complexity index is 843. The van der Waals surface area contributed by atoms with Crippen LogP contribution in [0.2, 0.25) is 0 Å². The molecule has 1 unspecified atom stereocenters. The summed E-state index contributed by atoms with van der Waals surface area (Å²) in [7, 11) is 6.38. The van der Waals surface area contributed by atoms with Crippen molar-refractivity contribution in [1.29, 1.82) is 0 Å². The maximum atomic E-state index is 8.32. The smallest absolute Gasteiger partial charge is 0.119 e. The molecule has 1 aliphatic rings. The average Bonchev–Trinajstić information content (AvgIpc) is 3.15. The zero-order valence-electron chi connectivity index (χ0n) is 17.7. The summed E-state index contributed by atoms with van der Waals surface area (Å²) in [6, 6.07) is 15.7. The molecule has 1 atom stereocenters. The van der Waals surface area contributed by atoms with Crippen LogP contribution < -0.4 is 9.64 Å². The molecular formula is C23H31N5O. The Labute approximate surface area is 173 Å². The predicted molar refractivity (Wildman–Crippen MR) is 119 cm³/mol. The minimum atomic E-state index is 0.358. The van der Waals surface area contributed by atoms with E-state index in [2.05, 4.69) is 77.4 Å². The minimum Gasteiger partial charge on any atom is -0.493 e. The standard InChI is InChI=1S/C23H31N5O/c1-27(2)20-9-6-18(7-10-20)5-4-15-28(3)23-13-8-19-17-21(11-12-22(19)23)29-16-14-25-26-24/h6-7,9-12,17,23H,4-5,8,13-16H2,1-3H3. The molecule has 0 aliphatic heterocycles. The fourth-order valence-corrected chi connectivity index (χ4v) is 4.02. The molecule has 6 nitrogen and oxygen atoms in total. The van der Waals surface area contributed by atoms with Crippen molar-refractivity contribution >= 4 is 5.69 Å². The van der Waals surface area contributed by atoms with Crippen molar-refractivity contribution in [2.75, 3.05) is 45.7 Å². The molecular weight excluding hydrogens is 362 g/mol. The molecule has 0 N–H and O–H groups in total. The summed E-state index contributed by atoms with van der Waals surface area (Å²) in [4.78, 5) is 7.37. The first-order valence-corrected chi connectivity index (χ1v) is 10.3. The molecule has 0 amide bonds. The summed E-state index contributed by atoms with van der Waals surface area (Å²) >= 11 is 0. The zero-order chi connectivity index (χ0) is 20.6. The molecule has 0 saturated heterocycles. The number of anilines is 1. The van der Waals surface area contributed by atoms with E-state index in [1.165, 1.54) is 22.4 Å². The lowest BCUT2D eigenvalue weighted by molar-refractivity contribution is 0.241. The molecule has 2 aromatic carbocycles. The Kier molecular flexibility index (Phi) is 7.39. The van der Waals surface area contributed by atoms with Crippen LogP contribution in [0.3, 0.4) is 0 Å². The summed E-state index contributed by atoms with van der Waals surface area (Å²) in [6.07, 6.45) is 4.51. The van der Waals surface area contributed by atoms with Crippen LogP contribution in [0.25, 0.3) is 10.4 Å². The van der Waals surface area contributed by atoms with Crippen molar-refractivity contribution in [1.82, 2.24) is 4.90 Å². The highest BCUT2D eigenvalue weighted by atomic mass is 16.5. The van der Waals surface area contributed by atoms with Gasteiger partial charge < -0.3 is 9.64 Å². The van der Waals surface area contributed by atoms with E-state index in [0.717, 1.165) is 38.0 Å². The van der Waals surface area contributed by atoms with Crippen LogP contribution in [0, 0.1) is 0 Å². The maximum Gasteiger partial charge on any atom is 0.119 e. The van der Waals surface area contributed by atoms with Gasteiger partial charge in [0, 0.05) is 30.7 Å². The monoisotopic (exact) mass is 393 g/mol. The van der Waals surface area contributed by atoms with Crippen LogP contribution in [0.4, 0.5) is 5.69 Å². The third-order valence-electron chi connectivity index (χ3n) is 5.64. The quantitative estimate of drug-likeness (QED) is 0.247. The number of aryl methyl sites for hydroxylation is 2. The lowest BCUT2D eigenvalue weighted by Gasteiger charge is -2.25. The van der Waals surface area contributed by atoms with Crippen LogP contribution in [0.5, 0.6) is 5.75 Å². The van der Waals surface area contributed by atoms with Gasteiger partial charge in [0.05, 0.1) is 13.2 Å². The lowest BCUT2D eigenvalue weighted by Crippen LogP contribution is -2.24. The molecule has 0 spiro atoms. The molecule has 3 rings (SSSR count). The predicted octanol–water partition coefficient (Wildman–Crippen LogP) is 4.99.